The Morgan fingerprint density at radius 3 is 2.47 bits per heavy atom. The number of carbonyl (C=O) groups is 2. The van der Waals surface area contributed by atoms with E-state index in [-0.39, 0.29) is 10.7 Å². The third-order valence-electron chi connectivity index (χ3n) is 2.53. The number of rotatable bonds is 6. The van der Waals surface area contributed by atoms with Crippen molar-refractivity contribution in [3.8, 4) is 0 Å². The third-order valence-corrected chi connectivity index (χ3v) is 2.95. The summed E-state index contributed by atoms with van der Waals surface area (Å²) in [5.41, 5.74) is 0.975. The van der Waals surface area contributed by atoms with Crippen LogP contribution in [0.2, 0.25) is 0 Å². The number of alkyl halides is 1. The highest BCUT2D eigenvalue weighted by atomic mass is 79.9. The molecule has 1 amide bonds. The van der Waals surface area contributed by atoms with Gasteiger partial charge in [-0.25, -0.2) is 4.79 Å². The average Bonchev–Trinajstić information content (AvgIpc) is 2.39. The van der Waals surface area contributed by atoms with E-state index >= 15 is 0 Å². The van der Waals surface area contributed by atoms with E-state index < -0.39 is 12.0 Å². The number of halogens is 1. The molecule has 1 aromatic rings. The third kappa shape index (κ3) is 5.42. The fourth-order valence-corrected chi connectivity index (χ4v) is 1.70. The van der Waals surface area contributed by atoms with Gasteiger partial charge in [0.15, 0.2) is 0 Å². The van der Waals surface area contributed by atoms with Gasteiger partial charge < -0.3 is 10.1 Å². The first-order valence-corrected chi connectivity index (χ1v) is 7.11. The van der Waals surface area contributed by atoms with E-state index in [1.54, 1.807) is 13.8 Å². The van der Waals surface area contributed by atoms with Crippen molar-refractivity contribution in [3.63, 3.8) is 0 Å². The predicted octanol–water partition coefficient (Wildman–Crippen LogP) is 2.06. The first kappa shape index (κ1) is 15.7. The number of carbonyl (C=O) groups excluding carboxylic acids is 2. The lowest BCUT2D eigenvalue weighted by Gasteiger charge is -2.18. The summed E-state index contributed by atoms with van der Waals surface area (Å²) in [6.07, 6.45) is 0.422. The lowest BCUT2D eigenvalue weighted by atomic mass is 10.1. The molecule has 1 aromatic carbocycles. The lowest BCUT2D eigenvalue weighted by Crippen LogP contribution is -2.45. The van der Waals surface area contributed by atoms with Crippen molar-refractivity contribution >= 4 is 27.8 Å². The van der Waals surface area contributed by atoms with E-state index in [0.29, 0.717) is 13.0 Å². The Labute approximate surface area is 121 Å². The summed E-state index contributed by atoms with van der Waals surface area (Å²) in [6, 6.07) is 8.86. The number of amides is 1. The Balaban J connectivity index is 2.74. The first-order valence-electron chi connectivity index (χ1n) is 6.19. The van der Waals surface area contributed by atoms with Crippen LogP contribution in [0.15, 0.2) is 30.3 Å². The van der Waals surface area contributed by atoms with Crippen molar-refractivity contribution in [1.29, 1.82) is 0 Å². The quantitative estimate of drug-likeness (QED) is 0.642. The molecule has 0 spiro atoms. The Hall–Kier alpha value is -1.36. The normalized spacial score (nSPS) is 13.4. The summed E-state index contributed by atoms with van der Waals surface area (Å²) < 4.78 is 4.99. The number of benzene rings is 1. The second-order valence-electron chi connectivity index (χ2n) is 4.12. The standard InChI is InChI=1S/C14H18BrNO3/c1-3-19-14(18)12(16-13(17)10(2)15)9-11-7-5-4-6-8-11/h4-8,10,12H,3,9H2,1-2H3,(H,16,17). The van der Waals surface area contributed by atoms with Crippen molar-refractivity contribution in [2.24, 2.45) is 0 Å². The molecule has 2 unspecified atom stereocenters. The van der Waals surface area contributed by atoms with Crippen LogP contribution < -0.4 is 5.32 Å². The van der Waals surface area contributed by atoms with Crippen molar-refractivity contribution in [2.45, 2.75) is 31.1 Å². The van der Waals surface area contributed by atoms with Gasteiger partial charge in [-0.3, -0.25) is 4.79 Å². The summed E-state index contributed by atoms with van der Waals surface area (Å²) in [6.45, 7) is 3.75. The van der Waals surface area contributed by atoms with Gasteiger partial charge in [0.2, 0.25) is 5.91 Å². The number of hydrogen-bond donors (Lipinski definition) is 1. The van der Waals surface area contributed by atoms with E-state index in [4.69, 9.17) is 4.74 Å². The van der Waals surface area contributed by atoms with Crippen LogP contribution in [0.1, 0.15) is 19.4 Å². The van der Waals surface area contributed by atoms with Crippen LogP contribution in [0, 0.1) is 0 Å². The van der Waals surface area contributed by atoms with Gasteiger partial charge in [0, 0.05) is 6.42 Å². The molecular weight excluding hydrogens is 310 g/mol. The monoisotopic (exact) mass is 327 g/mol. The maximum atomic E-state index is 11.9. The van der Waals surface area contributed by atoms with Gasteiger partial charge in [0.1, 0.15) is 6.04 Å². The van der Waals surface area contributed by atoms with Crippen LogP contribution >= 0.6 is 15.9 Å². The molecule has 1 rings (SSSR count). The molecule has 4 nitrogen and oxygen atoms in total. The van der Waals surface area contributed by atoms with Crippen molar-refractivity contribution in [2.75, 3.05) is 6.61 Å². The van der Waals surface area contributed by atoms with E-state index in [2.05, 4.69) is 21.2 Å². The molecule has 0 aliphatic carbocycles. The summed E-state index contributed by atoms with van der Waals surface area (Å²) in [7, 11) is 0. The Morgan fingerprint density at radius 1 is 1.32 bits per heavy atom. The molecule has 1 N–H and O–H groups in total. The molecular formula is C14H18BrNO3. The Morgan fingerprint density at radius 2 is 1.95 bits per heavy atom. The number of esters is 1. The smallest absolute Gasteiger partial charge is 0.328 e. The summed E-state index contributed by atoms with van der Waals surface area (Å²) in [5, 5.41) is 2.69. The number of nitrogens with one attached hydrogen (secondary N) is 1. The molecule has 0 saturated carbocycles. The highest BCUT2D eigenvalue weighted by Crippen LogP contribution is 2.06. The molecule has 0 aliphatic rings. The van der Waals surface area contributed by atoms with Crippen molar-refractivity contribution in [1.82, 2.24) is 5.32 Å². The molecule has 104 valence electrons. The van der Waals surface area contributed by atoms with Gasteiger partial charge in [-0.1, -0.05) is 46.3 Å². The van der Waals surface area contributed by atoms with Gasteiger partial charge in [-0.2, -0.15) is 0 Å². The number of ether oxygens (including phenoxy) is 1. The Bertz CT molecular complexity index is 420. The molecule has 0 radical (unpaired) electrons. The van der Waals surface area contributed by atoms with Crippen molar-refractivity contribution < 1.29 is 14.3 Å². The van der Waals surface area contributed by atoms with E-state index in [1.165, 1.54) is 0 Å². The van der Waals surface area contributed by atoms with Crippen LogP contribution in [0.3, 0.4) is 0 Å². The molecule has 0 aromatic heterocycles. The van der Waals surface area contributed by atoms with E-state index in [0.717, 1.165) is 5.56 Å². The van der Waals surface area contributed by atoms with Crippen LogP contribution in [0.25, 0.3) is 0 Å². The van der Waals surface area contributed by atoms with Crippen LogP contribution in [0.5, 0.6) is 0 Å². The number of hydrogen-bond acceptors (Lipinski definition) is 3. The van der Waals surface area contributed by atoms with E-state index in [1.807, 2.05) is 30.3 Å². The first-order chi connectivity index (χ1) is 9.04. The molecule has 0 fully saturated rings. The zero-order valence-electron chi connectivity index (χ0n) is 11.1. The fraction of sp³-hybridized carbons (Fsp3) is 0.429. The van der Waals surface area contributed by atoms with Gasteiger partial charge in [0.05, 0.1) is 11.4 Å². The maximum absolute atomic E-state index is 11.9. The molecule has 0 bridgehead atoms. The molecule has 0 heterocycles. The zero-order chi connectivity index (χ0) is 14.3. The maximum Gasteiger partial charge on any atom is 0.328 e. The molecule has 0 aliphatic heterocycles. The van der Waals surface area contributed by atoms with Crippen molar-refractivity contribution in [3.05, 3.63) is 35.9 Å². The Kier molecular flexibility index (Phi) is 6.56. The zero-order valence-corrected chi connectivity index (χ0v) is 12.6. The summed E-state index contributed by atoms with van der Waals surface area (Å²) in [5.74, 6) is -0.637. The second-order valence-corrected chi connectivity index (χ2v) is 5.49. The molecule has 19 heavy (non-hydrogen) atoms. The minimum absolute atomic E-state index is 0.228. The van der Waals surface area contributed by atoms with Gasteiger partial charge in [-0.15, -0.1) is 0 Å². The highest BCUT2D eigenvalue weighted by molar-refractivity contribution is 9.10. The van der Waals surface area contributed by atoms with Crippen LogP contribution in [-0.2, 0) is 20.7 Å². The largest absolute Gasteiger partial charge is 0.464 e. The molecule has 2 atom stereocenters. The van der Waals surface area contributed by atoms with E-state index in [9.17, 15) is 9.59 Å². The SMILES string of the molecule is CCOC(=O)C(Cc1ccccc1)NC(=O)C(C)Br. The van der Waals surface area contributed by atoms with Gasteiger partial charge >= 0.3 is 5.97 Å². The molecule has 0 saturated heterocycles. The fourth-order valence-electron chi connectivity index (χ4n) is 1.57. The summed E-state index contributed by atoms with van der Waals surface area (Å²) >= 11 is 3.18. The minimum Gasteiger partial charge on any atom is -0.464 e. The summed E-state index contributed by atoms with van der Waals surface area (Å²) in [4.78, 5) is 23.2. The van der Waals surface area contributed by atoms with Gasteiger partial charge in [0.25, 0.3) is 0 Å². The topological polar surface area (TPSA) is 55.4 Å². The lowest BCUT2D eigenvalue weighted by molar-refractivity contribution is -0.147. The van der Waals surface area contributed by atoms with Crippen LogP contribution in [0.4, 0.5) is 0 Å². The van der Waals surface area contributed by atoms with Crippen LogP contribution in [-0.4, -0.2) is 29.4 Å². The predicted molar refractivity (Wildman–Crippen MR) is 77.1 cm³/mol. The van der Waals surface area contributed by atoms with Gasteiger partial charge in [-0.05, 0) is 19.4 Å². The second kappa shape index (κ2) is 7.94. The highest BCUT2D eigenvalue weighted by Gasteiger charge is 2.23. The minimum atomic E-state index is -0.658. The average molecular weight is 328 g/mol. The molecule has 5 heteroatoms.